The maximum atomic E-state index is 11.8. The number of amidine groups is 1. The molecule has 0 aromatic carbocycles. The van der Waals surface area contributed by atoms with E-state index in [1.54, 1.807) is 13.3 Å². The number of nitrogens with two attached hydrogens (primary N) is 1. The van der Waals surface area contributed by atoms with Gasteiger partial charge in [0.1, 0.15) is 5.60 Å². The number of ether oxygens (including phenoxy) is 1. The van der Waals surface area contributed by atoms with E-state index < -0.39 is 17.6 Å². The van der Waals surface area contributed by atoms with Crippen molar-refractivity contribution >= 4 is 24.1 Å². The third-order valence-electron chi connectivity index (χ3n) is 3.96. The lowest BCUT2D eigenvalue weighted by atomic mass is 9.80. The Hall–Kier alpha value is -2.32. The third kappa shape index (κ3) is 8.17. The molecule has 0 aromatic heterocycles. The van der Waals surface area contributed by atoms with Crippen LogP contribution in [0.25, 0.3) is 0 Å². The fraction of sp³-hybridized carbons (Fsp3) is 0.765. The lowest BCUT2D eigenvalue weighted by molar-refractivity contribution is -0.122. The predicted octanol–water partition coefficient (Wildman–Crippen LogP) is 1.13. The van der Waals surface area contributed by atoms with E-state index in [9.17, 15) is 9.59 Å². The van der Waals surface area contributed by atoms with E-state index in [4.69, 9.17) is 15.3 Å². The van der Waals surface area contributed by atoms with Crippen LogP contribution in [0.1, 0.15) is 40.5 Å². The molecule has 2 amide bonds. The summed E-state index contributed by atoms with van der Waals surface area (Å²) in [7, 11) is 1.64. The van der Waals surface area contributed by atoms with E-state index in [0.29, 0.717) is 12.4 Å². The SMILES string of the molecule is CN=C/C(=N\OCC(N)=O)N1CCC(C)(CNC(=O)OC(C)(C)C)CC1. The lowest BCUT2D eigenvalue weighted by Crippen LogP contribution is -2.47. The van der Waals surface area contributed by atoms with Crippen LogP contribution >= 0.6 is 0 Å². The fourth-order valence-electron chi connectivity index (χ4n) is 2.49. The molecule has 1 aliphatic heterocycles. The molecule has 0 spiro atoms. The van der Waals surface area contributed by atoms with Gasteiger partial charge in [-0.1, -0.05) is 12.1 Å². The zero-order chi connectivity index (χ0) is 19.8. The van der Waals surface area contributed by atoms with Crippen molar-refractivity contribution < 1.29 is 19.2 Å². The predicted molar refractivity (Wildman–Crippen MR) is 100 cm³/mol. The topological polar surface area (TPSA) is 119 Å². The summed E-state index contributed by atoms with van der Waals surface area (Å²) >= 11 is 0. The number of amides is 2. The van der Waals surface area contributed by atoms with Crippen LogP contribution in [0.15, 0.2) is 10.1 Å². The van der Waals surface area contributed by atoms with Crippen molar-refractivity contribution in [3.63, 3.8) is 0 Å². The molecule has 0 aromatic rings. The van der Waals surface area contributed by atoms with Gasteiger partial charge in [0, 0.05) is 26.7 Å². The van der Waals surface area contributed by atoms with Gasteiger partial charge in [-0.25, -0.2) is 4.79 Å². The number of carbonyl (C=O) groups excluding carboxylic acids is 2. The summed E-state index contributed by atoms with van der Waals surface area (Å²) in [5.74, 6) is -0.0307. The van der Waals surface area contributed by atoms with Gasteiger partial charge in [0.2, 0.25) is 0 Å². The van der Waals surface area contributed by atoms with Crippen molar-refractivity contribution in [1.29, 1.82) is 0 Å². The van der Waals surface area contributed by atoms with E-state index in [-0.39, 0.29) is 12.0 Å². The molecule has 0 radical (unpaired) electrons. The Bertz CT molecular complexity index is 546. The van der Waals surface area contributed by atoms with Crippen molar-refractivity contribution in [3.8, 4) is 0 Å². The number of piperidine rings is 1. The zero-order valence-electron chi connectivity index (χ0n) is 16.4. The van der Waals surface area contributed by atoms with E-state index in [1.165, 1.54) is 0 Å². The smallest absolute Gasteiger partial charge is 0.407 e. The number of nitrogens with zero attached hydrogens (tertiary/aromatic N) is 3. The zero-order valence-corrected chi connectivity index (χ0v) is 16.4. The summed E-state index contributed by atoms with van der Waals surface area (Å²) in [6.07, 6.45) is 2.90. The largest absolute Gasteiger partial charge is 0.444 e. The third-order valence-corrected chi connectivity index (χ3v) is 3.96. The molecular formula is C17H31N5O4. The molecule has 0 unspecified atom stereocenters. The van der Waals surface area contributed by atoms with Crippen molar-refractivity contribution in [3.05, 3.63) is 0 Å². The summed E-state index contributed by atoms with van der Waals surface area (Å²) in [6, 6.07) is 0. The molecule has 0 aliphatic carbocycles. The van der Waals surface area contributed by atoms with Crippen molar-refractivity contribution in [2.45, 2.75) is 46.1 Å². The highest BCUT2D eigenvalue weighted by molar-refractivity contribution is 6.29. The minimum atomic E-state index is -0.582. The summed E-state index contributed by atoms with van der Waals surface area (Å²) in [5, 5.41) is 6.80. The van der Waals surface area contributed by atoms with Gasteiger partial charge >= 0.3 is 6.09 Å². The number of alkyl carbamates (subject to hydrolysis) is 1. The first-order valence-corrected chi connectivity index (χ1v) is 8.67. The maximum Gasteiger partial charge on any atom is 0.407 e. The average Bonchev–Trinajstić information content (AvgIpc) is 2.51. The van der Waals surface area contributed by atoms with Crippen molar-refractivity contribution in [2.24, 2.45) is 21.3 Å². The lowest BCUT2D eigenvalue weighted by Gasteiger charge is -2.40. The van der Waals surface area contributed by atoms with Crippen molar-refractivity contribution in [2.75, 3.05) is 33.3 Å². The van der Waals surface area contributed by atoms with Gasteiger partial charge in [-0.15, -0.1) is 0 Å². The highest BCUT2D eigenvalue weighted by atomic mass is 16.6. The number of carbonyl (C=O) groups is 2. The van der Waals surface area contributed by atoms with Crippen LogP contribution < -0.4 is 11.1 Å². The summed E-state index contributed by atoms with van der Waals surface area (Å²) in [5.41, 5.74) is 4.50. The molecule has 0 bridgehead atoms. The van der Waals surface area contributed by atoms with Gasteiger partial charge in [-0.2, -0.15) is 0 Å². The minimum Gasteiger partial charge on any atom is -0.444 e. The minimum absolute atomic E-state index is 0.0318. The van der Waals surface area contributed by atoms with E-state index >= 15 is 0 Å². The number of hydrogen-bond acceptors (Lipinski definition) is 6. The second-order valence-electron chi connectivity index (χ2n) is 7.73. The van der Waals surface area contributed by atoms with Crippen LogP contribution in [-0.4, -0.2) is 67.8 Å². The average molecular weight is 369 g/mol. The number of hydrogen-bond donors (Lipinski definition) is 2. The van der Waals surface area contributed by atoms with Crippen LogP contribution in [0.4, 0.5) is 4.79 Å². The van der Waals surface area contributed by atoms with Crippen LogP contribution in [-0.2, 0) is 14.4 Å². The maximum absolute atomic E-state index is 11.8. The van der Waals surface area contributed by atoms with E-state index in [0.717, 1.165) is 25.9 Å². The first-order valence-electron chi connectivity index (χ1n) is 8.67. The molecule has 9 heteroatoms. The highest BCUT2D eigenvalue weighted by Crippen LogP contribution is 2.30. The second kappa shape index (κ2) is 9.40. The molecule has 0 atom stereocenters. The fourth-order valence-corrected chi connectivity index (χ4v) is 2.49. The number of oxime groups is 1. The number of primary amides is 1. The number of nitrogens with one attached hydrogen (secondary N) is 1. The summed E-state index contributed by atoms with van der Waals surface area (Å²) in [6.45, 7) is 9.38. The Morgan fingerprint density at radius 2 is 1.92 bits per heavy atom. The molecule has 1 aliphatic rings. The normalized spacial score (nSPS) is 17.9. The van der Waals surface area contributed by atoms with E-state index in [1.807, 2.05) is 25.7 Å². The van der Waals surface area contributed by atoms with Gasteiger partial charge in [0.15, 0.2) is 12.4 Å². The second-order valence-corrected chi connectivity index (χ2v) is 7.73. The molecular weight excluding hydrogens is 338 g/mol. The molecule has 0 saturated carbocycles. The first kappa shape index (κ1) is 21.7. The highest BCUT2D eigenvalue weighted by Gasteiger charge is 2.32. The molecule has 1 heterocycles. The Kier molecular flexibility index (Phi) is 7.85. The Morgan fingerprint density at radius 1 is 1.31 bits per heavy atom. The molecule has 148 valence electrons. The van der Waals surface area contributed by atoms with Gasteiger partial charge < -0.3 is 25.5 Å². The molecule has 3 N–H and O–H groups in total. The standard InChI is InChI=1S/C17H31N5O4/c1-16(2,3)26-15(24)20-12-17(4)6-8-22(9-7-17)14(10-19-5)21-25-11-13(18)23/h10H,6-9,11-12H2,1-5H3,(H2,18,23)(H,20,24)/b19-10?,21-14+. The van der Waals surface area contributed by atoms with Gasteiger partial charge in [0.25, 0.3) is 5.91 Å². The quantitative estimate of drug-likeness (QED) is 0.413. The van der Waals surface area contributed by atoms with Gasteiger partial charge in [0.05, 0.1) is 6.21 Å². The Labute approximate surface area is 155 Å². The van der Waals surface area contributed by atoms with Crippen molar-refractivity contribution in [1.82, 2.24) is 10.2 Å². The molecule has 9 nitrogen and oxygen atoms in total. The first-order chi connectivity index (χ1) is 12.0. The molecule has 1 saturated heterocycles. The van der Waals surface area contributed by atoms with E-state index in [2.05, 4.69) is 22.4 Å². The van der Waals surface area contributed by atoms with Crippen LogP contribution in [0.2, 0.25) is 0 Å². The summed E-state index contributed by atoms with van der Waals surface area (Å²) in [4.78, 5) is 33.5. The molecule has 1 rings (SSSR count). The number of rotatable bonds is 6. The van der Waals surface area contributed by atoms with Gasteiger partial charge in [-0.05, 0) is 39.0 Å². The Balaban J connectivity index is 2.55. The molecule has 26 heavy (non-hydrogen) atoms. The Morgan fingerprint density at radius 3 is 2.42 bits per heavy atom. The van der Waals surface area contributed by atoms with Crippen LogP contribution in [0.5, 0.6) is 0 Å². The van der Waals surface area contributed by atoms with Crippen LogP contribution in [0, 0.1) is 5.41 Å². The monoisotopic (exact) mass is 369 g/mol. The van der Waals surface area contributed by atoms with Crippen LogP contribution in [0.3, 0.4) is 0 Å². The number of aliphatic imine (C=N–C) groups is 1. The molecule has 1 fully saturated rings. The van der Waals surface area contributed by atoms with Gasteiger partial charge in [-0.3, -0.25) is 9.79 Å². The summed E-state index contributed by atoms with van der Waals surface area (Å²) < 4.78 is 5.28. The number of likely N-dealkylation sites (tertiary alicyclic amines) is 1.